The third kappa shape index (κ3) is 2.82. The molecule has 1 atom stereocenters. The van der Waals surface area contributed by atoms with Gasteiger partial charge in [0.05, 0.1) is 24.4 Å². The van der Waals surface area contributed by atoms with Gasteiger partial charge in [0.25, 0.3) is 5.91 Å². The van der Waals surface area contributed by atoms with E-state index in [0.717, 1.165) is 17.0 Å². The van der Waals surface area contributed by atoms with Crippen LogP contribution in [0, 0.1) is 13.8 Å². The van der Waals surface area contributed by atoms with E-state index in [9.17, 15) is 4.79 Å². The number of methoxy groups -OCH3 is 1. The molecule has 1 heterocycles. The average Bonchev–Trinajstić information content (AvgIpc) is 2.78. The molecule has 1 unspecified atom stereocenters. The van der Waals surface area contributed by atoms with Gasteiger partial charge >= 0.3 is 0 Å². The van der Waals surface area contributed by atoms with Crippen LogP contribution < -0.4 is 10.1 Å². The van der Waals surface area contributed by atoms with Crippen molar-refractivity contribution in [3.63, 3.8) is 0 Å². The highest BCUT2D eigenvalue weighted by molar-refractivity contribution is 5.96. The third-order valence-corrected chi connectivity index (χ3v) is 3.32. The Bertz CT molecular complexity index is 583. The molecule has 2 rings (SSSR count). The summed E-state index contributed by atoms with van der Waals surface area (Å²) >= 11 is 0. The zero-order chi connectivity index (χ0) is 14.7. The molecule has 0 bridgehead atoms. The van der Waals surface area contributed by atoms with Crippen LogP contribution in [0.5, 0.6) is 5.75 Å². The van der Waals surface area contributed by atoms with Gasteiger partial charge in [0.2, 0.25) is 0 Å². The van der Waals surface area contributed by atoms with E-state index in [1.54, 1.807) is 7.11 Å². The quantitative estimate of drug-likeness (QED) is 0.899. The van der Waals surface area contributed by atoms with E-state index in [-0.39, 0.29) is 11.9 Å². The van der Waals surface area contributed by atoms with Gasteiger partial charge in [0.1, 0.15) is 5.75 Å². The van der Waals surface area contributed by atoms with E-state index in [1.807, 2.05) is 45.0 Å². The average molecular weight is 273 g/mol. The maximum Gasteiger partial charge on any atom is 0.255 e. The van der Waals surface area contributed by atoms with E-state index in [4.69, 9.17) is 4.74 Å². The van der Waals surface area contributed by atoms with Crippen LogP contribution in [0.4, 0.5) is 0 Å². The monoisotopic (exact) mass is 273 g/mol. The zero-order valence-corrected chi connectivity index (χ0v) is 12.2. The smallest absolute Gasteiger partial charge is 0.255 e. The van der Waals surface area contributed by atoms with E-state index < -0.39 is 0 Å². The summed E-state index contributed by atoms with van der Waals surface area (Å²) in [5.74, 6) is 0.686. The Balaban J connectivity index is 2.11. The van der Waals surface area contributed by atoms with Crippen molar-refractivity contribution in [2.45, 2.75) is 26.8 Å². The molecule has 1 aromatic carbocycles. The van der Waals surface area contributed by atoms with Gasteiger partial charge in [-0.05, 0) is 38.5 Å². The molecule has 1 aromatic heterocycles. The molecule has 2 N–H and O–H groups in total. The number of carbonyl (C=O) groups excluding carboxylic acids is 1. The summed E-state index contributed by atoms with van der Waals surface area (Å²) in [6.45, 7) is 5.61. The summed E-state index contributed by atoms with van der Waals surface area (Å²) < 4.78 is 5.12. The Morgan fingerprint density at radius 2 is 1.95 bits per heavy atom. The van der Waals surface area contributed by atoms with E-state index in [1.165, 1.54) is 0 Å². The van der Waals surface area contributed by atoms with Crippen LogP contribution in [0.25, 0.3) is 0 Å². The number of aryl methyl sites for hydroxylation is 2. The maximum atomic E-state index is 12.3. The van der Waals surface area contributed by atoms with Crippen LogP contribution in [-0.4, -0.2) is 23.2 Å². The molecule has 0 fully saturated rings. The van der Waals surface area contributed by atoms with Crippen LogP contribution in [0.2, 0.25) is 0 Å². The van der Waals surface area contributed by atoms with Crippen molar-refractivity contribution in [3.05, 3.63) is 46.8 Å². The standard InChI is InChI=1S/C15H19N3O2/c1-9(12-5-7-13(20-4)8-6-12)16-15(19)14-10(2)17-18-11(14)3/h5-9H,1-4H3,(H,16,19)(H,17,18). The van der Waals surface area contributed by atoms with Gasteiger partial charge in [-0.2, -0.15) is 5.10 Å². The lowest BCUT2D eigenvalue weighted by Gasteiger charge is -2.15. The normalized spacial score (nSPS) is 12.0. The Hall–Kier alpha value is -2.30. The molecule has 5 heteroatoms. The predicted molar refractivity (Wildman–Crippen MR) is 76.9 cm³/mol. The minimum absolute atomic E-state index is 0.0814. The molecule has 5 nitrogen and oxygen atoms in total. The number of benzene rings is 1. The number of amides is 1. The molecule has 2 aromatic rings. The van der Waals surface area contributed by atoms with Crippen molar-refractivity contribution in [2.75, 3.05) is 7.11 Å². The highest BCUT2D eigenvalue weighted by atomic mass is 16.5. The van der Waals surface area contributed by atoms with E-state index >= 15 is 0 Å². The Morgan fingerprint density at radius 1 is 1.30 bits per heavy atom. The second-order valence-electron chi connectivity index (χ2n) is 4.78. The number of hydrogen-bond acceptors (Lipinski definition) is 3. The minimum atomic E-state index is -0.114. The van der Waals surface area contributed by atoms with Crippen LogP contribution in [0.1, 0.15) is 40.3 Å². The van der Waals surface area contributed by atoms with Crippen molar-refractivity contribution < 1.29 is 9.53 Å². The van der Waals surface area contributed by atoms with Gasteiger partial charge in [-0.25, -0.2) is 0 Å². The molecule has 0 aliphatic heterocycles. The number of H-pyrrole nitrogens is 1. The van der Waals surface area contributed by atoms with Gasteiger partial charge in [-0.15, -0.1) is 0 Å². The second-order valence-corrected chi connectivity index (χ2v) is 4.78. The number of carbonyl (C=O) groups is 1. The SMILES string of the molecule is COc1ccc(C(C)NC(=O)c2c(C)n[nH]c2C)cc1. The van der Waals surface area contributed by atoms with Gasteiger partial charge in [0, 0.05) is 5.69 Å². The van der Waals surface area contributed by atoms with Gasteiger partial charge in [-0.3, -0.25) is 9.89 Å². The van der Waals surface area contributed by atoms with Crippen LogP contribution in [0.15, 0.2) is 24.3 Å². The number of hydrogen-bond donors (Lipinski definition) is 2. The van der Waals surface area contributed by atoms with Crippen molar-refractivity contribution in [1.29, 1.82) is 0 Å². The number of rotatable bonds is 4. The number of ether oxygens (including phenoxy) is 1. The molecule has 1 amide bonds. The highest BCUT2D eigenvalue weighted by Gasteiger charge is 2.17. The Kier molecular flexibility index (Phi) is 4.08. The van der Waals surface area contributed by atoms with Crippen molar-refractivity contribution in [3.8, 4) is 5.75 Å². The molecule has 0 spiro atoms. The molecule has 106 valence electrons. The van der Waals surface area contributed by atoms with Crippen LogP contribution in [0.3, 0.4) is 0 Å². The fourth-order valence-electron chi connectivity index (χ4n) is 2.13. The summed E-state index contributed by atoms with van der Waals surface area (Å²) in [6.07, 6.45) is 0. The maximum absolute atomic E-state index is 12.3. The van der Waals surface area contributed by atoms with Crippen molar-refractivity contribution in [2.24, 2.45) is 0 Å². The van der Waals surface area contributed by atoms with E-state index in [2.05, 4.69) is 15.5 Å². The molecular formula is C15H19N3O2. The van der Waals surface area contributed by atoms with Crippen LogP contribution >= 0.6 is 0 Å². The first-order chi connectivity index (χ1) is 9.52. The van der Waals surface area contributed by atoms with Crippen LogP contribution in [-0.2, 0) is 0 Å². The van der Waals surface area contributed by atoms with E-state index in [0.29, 0.717) is 11.3 Å². The summed E-state index contributed by atoms with van der Waals surface area (Å²) in [5.41, 5.74) is 3.13. The summed E-state index contributed by atoms with van der Waals surface area (Å²) in [5, 5.41) is 9.83. The summed E-state index contributed by atoms with van der Waals surface area (Å²) in [7, 11) is 1.63. The van der Waals surface area contributed by atoms with Crippen molar-refractivity contribution >= 4 is 5.91 Å². The first kappa shape index (κ1) is 14.1. The first-order valence-electron chi connectivity index (χ1n) is 6.49. The fourth-order valence-corrected chi connectivity index (χ4v) is 2.13. The largest absolute Gasteiger partial charge is 0.497 e. The zero-order valence-electron chi connectivity index (χ0n) is 12.2. The molecule has 0 saturated heterocycles. The minimum Gasteiger partial charge on any atom is -0.497 e. The lowest BCUT2D eigenvalue weighted by molar-refractivity contribution is 0.0938. The summed E-state index contributed by atoms with van der Waals surface area (Å²) in [6, 6.07) is 7.57. The number of aromatic amines is 1. The lowest BCUT2D eigenvalue weighted by Crippen LogP contribution is -2.27. The molecule has 0 aliphatic rings. The Labute approximate surface area is 118 Å². The Morgan fingerprint density at radius 3 is 2.45 bits per heavy atom. The predicted octanol–water partition coefficient (Wildman–Crippen LogP) is 2.53. The molecule has 0 aliphatic carbocycles. The fraction of sp³-hybridized carbons (Fsp3) is 0.333. The molecular weight excluding hydrogens is 254 g/mol. The van der Waals surface area contributed by atoms with Gasteiger partial charge < -0.3 is 10.1 Å². The first-order valence-corrected chi connectivity index (χ1v) is 6.49. The number of nitrogens with one attached hydrogen (secondary N) is 2. The third-order valence-electron chi connectivity index (χ3n) is 3.32. The topological polar surface area (TPSA) is 67.0 Å². The second kappa shape index (κ2) is 5.77. The molecule has 20 heavy (non-hydrogen) atoms. The number of nitrogens with zero attached hydrogens (tertiary/aromatic N) is 1. The number of aromatic nitrogens is 2. The highest BCUT2D eigenvalue weighted by Crippen LogP contribution is 2.18. The van der Waals surface area contributed by atoms with Gasteiger partial charge in [-0.1, -0.05) is 12.1 Å². The molecule has 0 radical (unpaired) electrons. The summed E-state index contributed by atoms with van der Waals surface area (Å²) in [4.78, 5) is 12.3. The van der Waals surface area contributed by atoms with Crippen molar-refractivity contribution in [1.82, 2.24) is 15.5 Å². The van der Waals surface area contributed by atoms with Gasteiger partial charge in [0.15, 0.2) is 0 Å². The lowest BCUT2D eigenvalue weighted by atomic mass is 10.1. The molecule has 0 saturated carbocycles.